The Labute approximate surface area is 168 Å². The summed E-state index contributed by atoms with van der Waals surface area (Å²) in [7, 11) is 0. The Morgan fingerprint density at radius 1 is 1.38 bits per heavy atom. The monoisotopic (exact) mass is 396 g/mol. The summed E-state index contributed by atoms with van der Waals surface area (Å²) in [6.45, 7) is 0.0684. The van der Waals surface area contributed by atoms with Gasteiger partial charge in [-0.05, 0) is 24.5 Å². The highest BCUT2D eigenvalue weighted by atomic mass is 19.1. The van der Waals surface area contributed by atoms with Gasteiger partial charge in [-0.2, -0.15) is 0 Å². The van der Waals surface area contributed by atoms with Crippen LogP contribution in [0.1, 0.15) is 30.1 Å². The van der Waals surface area contributed by atoms with Gasteiger partial charge in [-0.25, -0.2) is 14.1 Å². The Hall–Kier alpha value is -3.24. The minimum absolute atomic E-state index is 0.0684. The number of halogens is 1. The molecule has 150 valence electrons. The number of aliphatic hydroxyl groups is 1. The van der Waals surface area contributed by atoms with Crippen molar-refractivity contribution in [3.63, 3.8) is 0 Å². The molecule has 0 spiro atoms. The molecular formula is C22H21FN2O4. The predicted octanol–water partition coefficient (Wildman–Crippen LogP) is 2.87. The second-order valence-electron chi connectivity index (χ2n) is 6.86. The maximum Gasteiger partial charge on any atom is 0.416 e. The molecule has 2 amide bonds. The number of amides is 2. The number of ether oxygens (including phenoxy) is 1. The van der Waals surface area contributed by atoms with Crippen LogP contribution in [0.4, 0.5) is 9.18 Å². The third-order valence-corrected chi connectivity index (χ3v) is 4.88. The summed E-state index contributed by atoms with van der Waals surface area (Å²) in [5.41, 5.74) is 1.09. The molecule has 0 saturated carbocycles. The maximum absolute atomic E-state index is 13.5. The Balaban J connectivity index is 1.85. The van der Waals surface area contributed by atoms with Gasteiger partial charge < -0.3 is 9.84 Å². The number of carbonyl (C=O) groups is 2. The number of terminal acetylenes is 1. The van der Waals surface area contributed by atoms with Crippen LogP contribution in [0.5, 0.6) is 0 Å². The normalized spacial score (nSPS) is 18.0. The van der Waals surface area contributed by atoms with Gasteiger partial charge in [-0.1, -0.05) is 30.3 Å². The van der Waals surface area contributed by atoms with E-state index in [2.05, 4.69) is 10.9 Å². The van der Waals surface area contributed by atoms with Crippen LogP contribution >= 0.6 is 0 Å². The van der Waals surface area contributed by atoms with E-state index in [4.69, 9.17) is 11.2 Å². The molecule has 1 saturated heterocycles. The van der Waals surface area contributed by atoms with E-state index in [1.807, 2.05) is 30.3 Å². The Kier molecular flexibility index (Phi) is 6.57. The van der Waals surface area contributed by atoms with Crippen molar-refractivity contribution in [2.75, 3.05) is 6.61 Å². The second-order valence-corrected chi connectivity index (χ2v) is 6.86. The molecule has 1 fully saturated rings. The van der Waals surface area contributed by atoms with E-state index in [9.17, 15) is 19.1 Å². The first-order chi connectivity index (χ1) is 14.0. The van der Waals surface area contributed by atoms with Crippen molar-refractivity contribution in [1.82, 2.24) is 9.88 Å². The number of cyclic esters (lactones) is 1. The zero-order valence-corrected chi connectivity index (χ0v) is 15.7. The molecule has 3 rings (SSSR count). The lowest BCUT2D eigenvalue weighted by Crippen LogP contribution is -2.45. The predicted molar refractivity (Wildman–Crippen MR) is 103 cm³/mol. The highest BCUT2D eigenvalue weighted by Gasteiger charge is 2.42. The summed E-state index contributed by atoms with van der Waals surface area (Å²) in [5.74, 6) is 0.178. The number of nitrogens with zero attached hydrogens (tertiary/aromatic N) is 2. The fourth-order valence-corrected chi connectivity index (χ4v) is 3.42. The topological polar surface area (TPSA) is 79.7 Å². The first-order valence-corrected chi connectivity index (χ1v) is 9.27. The number of hydrogen-bond donors (Lipinski definition) is 1. The van der Waals surface area contributed by atoms with Crippen LogP contribution in [0.3, 0.4) is 0 Å². The molecular weight excluding hydrogens is 375 g/mol. The van der Waals surface area contributed by atoms with Crippen LogP contribution in [0, 0.1) is 24.1 Å². The van der Waals surface area contributed by atoms with Crippen molar-refractivity contribution in [2.24, 2.45) is 5.92 Å². The molecule has 3 atom stereocenters. The number of rotatable bonds is 7. The Morgan fingerprint density at radius 2 is 2.14 bits per heavy atom. The van der Waals surface area contributed by atoms with Gasteiger partial charge in [-0.3, -0.25) is 9.78 Å². The molecule has 1 aliphatic rings. The zero-order chi connectivity index (χ0) is 20.8. The van der Waals surface area contributed by atoms with Gasteiger partial charge >= 0.3 is 6.09 Å². The summed E-state index contributed by atoms with van der Waals surface area (Å²) >= 11 is 0. The van der Waals surface area contributed by atoms with Crippen molar-refractivity contribution < 1.29 is 23.8 Å². The molecule has 29 heavy (non-hydrogen) atoms. The number of pyridine rings is 1. The van der Waals surface area contributed by atoms with Gasteiger partial charge in [0.05, 0.1) is 24.3 Å². The molecule has 1 aliphatic heterocycles. The van der Waals surface area contributed by atoms with E-state index in [-0.39, 0.29) is 25.0 Å². The first kappa shape index (κ1) is 20.5. The highest BCUT2D eigenvalue weighted by Crippen LogP contribution is 2.30. The fraction of sp³-hybridized carbons (Fsp3) is 0.318. The van der Waals surface area contributed by atoms with Gasteiger partial charge in [0.1, 0.15) is 12.4 Å². The van der Waals surface area contributed by atoms with Crippen molar-refractivity contribution in [3.8, 4) is 12.3 Å². The molecule has 1 aromatic carbocycles. The molecule has 2 heterocycles. The molecule has 0 radical (unpaired) electrons. The van der Waals surface area contributed by atoms with Crippen LogP contribution in [0.15, 0.2) is 48.8 Å². The summed E-state index contributed by atoms with van der Waals surface area (Å²) in [6, 6.07) is 10.0. The molecule has 1 N–H and O–H groups in total. The van der Waals surface area contributed by atoms with Gasteiger partial charge in [0.2, 0.25) is 5.91 Å². The van der Waals surface area contributed by atoms with Crippen molar-refractivity contribution in [2.45, 2.75) is 31.4 Å². The molecule has 7 heteroatoms. The second kappa shape index (κ2) is 9.30. The summed E-state index contributed by atoms with van der Waals surface area (Å²) < 4.78 is 18.6. The largest absolute Gasteiger partial charge is 0.447 e. The lowest BCUT2D eigenvalue weighted by molar-refractivity contribution is -0.137. The third-order valence-electron chi connectivity index (χ3n) is 4.88. The molecule has 6 nitrogen and oxygen atoms in total. The molecule has 2 aromatic rings. The van der Waals surface area contributed by atoms with E-state index in [0.717, 1.165) is 22.7 Å². The average Bonchev–Trinajstić information content (AvgIpc) is 3.08. The van der Waals surface area contributed by atoms with E-state index in [1.54, 1.807) is 0 Å². The number of carbonyl (C=O) groups excluding carboxylic acids is 2. The van der Waals surface area contributed by atoms with Crippen molar-refractivity contribution in [3.05, 3.63) is 65.7 Å². The van der Waals surface area contributed by atoms with E-state index < -0.39 is 35.9 Å². The number of benzene rings is 1. The maximum atomic E-state index is 13.5. The summed E-state index contributed by atoms with van der Waals surface area (Å²) in [6.07, 6.45) is 6.28. The smallest absolute Gasteiger partial charge is 0.416 e. The van der Waals surface area contributed by atoms with E-state index >= 15 is 0 Å². The Morgan fingerprint density at radius 3 is 2.83 bits per heavy atom. The first-order valence-electron chi connectivity index (χ1n) is 9.27. The Bertz CT molecular complexity index is 913. The summed E-state index contributed by atoms with van der Waals surface area (Å²) in [4.78, 5) is 30.3. The highest BCUT2D eigenvalue weighted by molar-refractivity contribution is 5.95. The number of aliphatic hydroxyl groups excluding tert-OH is 1. The number of hydrogen-bond acceptors (Lipinski definition) is 5. The van der Waals surface area contributed by atoms with E-state index in [1.165, 1.54) is 6.20 Å². The van der Waals surface area contributed by atoms with Gasteiger partial charge in [0.25, 0.3) is 0 Å². The number of aromatic nitrogens is 1. The third kappa shape index (κ3) is 4.79. The van der Waals surface area contributed by atoms with Crippen LogP contribution < -0.4 is 0 Å². The van der Waals surface area contributed by atoms with Crippen molar-refractivity contribution >= 4 is 12.0 Å². The molecule has 0 unspecified atom stereocenters. The lowest BCUT2D eigenvalue weighted by Gasteiger charge is -2.27. The fourth-order valence-electron chi connectivity index (χ4n) is 3.42. The van der Waals surface area contributed by atoms with Crippen LogP contribution in [0.2, 0.25) is 0 Å². The van der Waals surface area contributed by atoms with Crippen LogP contribution in [0.25, 0.3) is 0 Å². The zero-order valence-electron chi connectivity index (χ0n) is 15.7. The minimum Gasteiger partial charge on any atom is -0.447 e. The van der Waals surface area contributed by atoms with Crippen molar-refractivity contribution in [1.29, 1.82) is 0 Å². The summed E-state index contributed by atoms with van der Waals surface area (Å²) in [5, 5.41) is 10.7. The lowest BCUT2D eigenvalue weighted by atomic mass is 9.90. The standard InChI is InChI=1S/C22H21FN2O4/c1-2-3-9-19(20(26)16-11-17(23)13-24-12-16)21(27)25-18(14-29-22(25)28)10-15-7-5-4-6-8-15/h1,4-8,11-13,18-20,26H,3,9-10,14H2/t18-,19+,20+/m0/s1. The SMILES string of the molecule is C#CCC[C@@H](C(=O)N1C(=O)OC[C@@H]1Cc1ccccc1)[C@H](O)c1cncc(F)c1. The quantitative estimate of drug-likeness (QED) is 0.728. The molecule has 0 bridgehead atoms. The van der Waals surface area contributed by atoms with Gasteiger partial charge in [0.15, 0.2) is 0 Å². The minimum atomic E-state index is -1.36. The number of imide groups is 1. The van der Waals surface area contributed by atoms with E-state index in [0.29, 0.717) is 6.42 Å². The molecule has 0 aliphatic carbocycles. The van der Waals surface area contributed by atoms with Gasteiger partial charge in [0, 0.05) is 18.2 Å². The van der Waals surface area contributed by atoms with Gasteiger partial charge in [-0.15, -0.1) is 12.3 Å². The average molecular weight is 396 g/mol. The van der Waals surface area contributed by atoms with Crippen LogP contribution in [-0.2, 0) is 16.0 Å². The van der Waals surface area contributed by atoms with Crippen LogP contribution in [-0.4, -0.2) is 39.6 Å². The molecule has 1 aromatic heterocycles.